The molecule has 1 heterocycles. The van der Waals surface area contributed by atoms with E-state index in [1.165, 1.54) is 0 Å². The number of carbonyl (C=O) groups is 1. The fourth-order valence-corrected chi connectivity index (χ4v) is 4.96. The summed E-state index contributed by atoms with van der Waals surface area (Å²) in [5, 5.41) is 0.578. The van der Waals surface area contributed by atoms with Crippen LogP contribution < -0.4 is 5.56 Å². The van der Waals surface area contributed by atoms with Crippen LogP contribution in [0.15, 0.2) is 57.8 Å². The van der Waals surface area contributed by atoms with Crippen LogP contribution in [0.4, 0.5) is 0 Å². The van der Waals surface area contributed by atoms with E-state index in [2.05, 4.69) is 22.9 Å². The lowest BCUT2D eigenvalue weighted by atomic mass is 10.0. The minimum Gasteiger partial charge on any atom is -0.333 e. The van der Waals surface area contributed by atoms with E-state index in [0.29, 0.717) is 29.7 Å². The third kappa shape index (κ3) is 4.18. The van der Waals surface area contributed by atoms with Crippen LogP contribution in [-0.4, -0.2) is 26.9 Å². The number of halogens is 1. The number of benzene rings is 2. The van der Waals surface area contributed by atoms with Crippen molar-refractivity contribution in [3.8, 4) is 5.69 Å². The zero-order chi connectivity index (χ0) is 22.0. The SMILES string of the molecule is CCC(c1nc2ccccc2c(=O)n1-c1ccc(Br)cc1)N(CC)C(=O)C1CCCC1. The second-order valence-corrected chi connectivity index (χ2v) is 9.05. The highest BCUT2D eigenvalue weighted by Crippen LogP contribution is 2.32. The largest absolute Gasteiger partial charge is 0.333 e. The molecule has 1 fully saturated rings. The van der Waals surface area contributed by atoms with Gasteiger partial charge in [0.2, 0.25) is 5.91 Å². The topological polar surface area (TPSA) is 55.2 Å². The average molecular weight is 482 g/mol. The fraction of sp³-hybridized carbons (Fsp3) is 0.400. The number of hydrogen-bond acceptors (Lipinski definition) is 3. The molecule has 2 aromatic carbocycles. The van der Waals surface area contributed by atoms with Crippen molar-refractivity contribution in [1.82, 2.24) is 14.5 Å². The first-order valence-corrected chi connectivity index (χ1v) is 11.9. The molecule has 31 heavy (non-hydrogen) atoms. The first-order valence-electron chi connectivity index (χ1n) is 11.1. The molecule has 1 aromatic heterocycles. The smallest absolute Gasteiger partial charge is 0.266 e. The van der Waals surface area contributed by atoms with Crippen molar-refractivity contribution in [3.63, 3.8) is 0 Å². The Bertz CT molecular complexity index is 1130. The molecule has 0 bridgehead atoms. The van der Waals surface area contributed by atoms with Crippen LogP contribution in [0.3, 0.4) is 0 Å². The van der Waals surface area contributed by atoms with Crippen LogP contribution in [0.1, 0.15) is 57.8 Å². The molecule has 1 amide bonds. The number of rotatable bonds is 6. The molecule has 1 aliphatic rings. The summed E-state index contributed by atoms with van der Waals surface area (Å²) in [6.07, 6.45) is 4.83. The van der Waals surface area contributed by atoms with Gasteiger partial charge in [-0.15, -0.1) is 0 Å². The predicted octanol–water partition coefficient (Wildman–Crippen LogP) is 5.64. The van der Waals surface area contributed by atoms with Crippen LogP contribution in [0.5, 0.6) is 0 Å². The minimum atomic E-state index is -0.265. The number of hydrogen-bond donors (Lipinski definition) is 0. The van der Waals surface area contributed by atoms with Gasteiger partial charge in [0.05, 0.1) is 22.6 Å². The Labute approximate surface area is 191 Å². The molecule has 3 aromatic rings. The third-order valence-electron chi connectivity index (χ3n) is 6.28. The number of aromatic nitrogens is 2. The van der Waals surface area contributed by atoms with Crippen LogP contribution >= 0.6 is 15.9 Å². The van der Waals surface area contributed by atoms with Gasteiger partial charge in [-0.2, -0.15) is 0 Å². The van der Waals surface area contributed by atoms with E-state index in [0.717, 1.165) is 35.8 Å². The summed E-state index contributed by atoms with van der Waals surface area (Å²) in [4.78, 5) is 33.9. The van der Waals surface area contributed by atoms with Gasteiger partial charge in [-0.3, -0.25) is 14.2 Å². The molecule has 1 aliphatic carbocycles. The molecule has 5 nitrogen and oxygen atoms in total. The molecule has 6 heteroatoms. The second-order valence-electron chi connectivity index (χ2n) is 8.13. The van der Waals surface area contributed by atoms with Crippen LogP contribution in [0.25, 0.3) is 16.6 Å². The average Bonchev–Trinajstić information content (AvgIpc) is 3.33. The highest BCUT2D eigenvalue weighted by molar-refractivity contribution is 9.10. The van der Waals surface area contributed by atoms with Crippen LogP contribution in [-0.2, 0) is 4.79 Å². The lowest BCUT2D eigenvalue weighted by molar-refractivity contribution is -0.138. The predicted molar refractivity (Wildman–Crippen MR) is 127 cm³/mol. The highest BCUT2D eigenvalue weighted by atomic mass is 79.9. The number of nitrogens with zero attached hydrogens (tertiary/aromatic N) is 3. The summed E-state index contributed by atoms with van der Waals surface area (Å²) in [6, 6.07) is 14.8. The van der Waals surface area contributed by atoms with Gasteiger partial charge in [0.1, 0.15) is 5.82 Å². The van der Waals surface area contributed by atoms with E-state index >= 15 is 0 Å². The first-order chi connectivity index (χ1) is 15.0. The van der Waals surface area contributed by atoms with Gasteiger partial charge in [0.15, 0.2) is 0 Å². The minimum absolute atomic E-state index is 0.0855. The Kier molecular flexibility index (Phi) is 6.56. The van der Waals surface area contributed by atoms with E-state index in [-0.39, 0.29) is 23.4 Å². The maximum atomic E-state index is 13.6. The number of para-hydroxylation sites is 1. The van der Waals surface area contributed by atoms with Gasteiger partial charge in [-0.1, -0.05) is 47.8 Å². The molecule has 0 spiro atoms. The molecule has 1 atom stereocenters. The zero-order valence-electron chi connectivity index (χ0n) is 18.1. The first kappa shape index (κ1) is 21.8. The van der Waals surface area contributed by atoms with Crippen molar-refractivity contribution in [2.45, 2.75) is 52.0 Å². The molecule has 0 radical (unpaired) electrons. The Balaban J connectivity index is 1.91. The van der Waals surface area contributed by atoms with Gasteiger partial charge in [0, 0.05) is 16.9 Å². The standard InChI is InChI=1S/C25H28BrN3O2/c1-3-22(28(4-2)24(30)17-9-5-6-10-17)23-27-21-12-8-7-11-20(21)25(31)29(23)19-15-13-18(26)14-16-19/h7-8,11-17,22H,3-6,9-10H2,1-2H3. The molecule has 4 rings (SSSR count). The van der Waals surface area contributed by atoms with Gasteiger partial charge in [-0.05, 0) is 62.6 Å². The summed E-state index contributed by atoms with van der Waals surface area (Å²) in [6.45, 7) is 4.66. The Hall–Kier alpha value is -2.47. The maximum absolute atomic E-state index is 13.6. The van der Waals surface area contributed by atoms with Crippen molar-refractivity contribution in [2.75, 3.05) is 6.54 Å². The van der Waals surface area contributed by atoms with E-state index in [1.807, 2.05) is 60.4 Å². The molecule has 1 unspecified atom stereocenters. The van der Waals surface area contributed by atoms with E-state index < -0.39 is 0 Å². The molecular formula is C25H28BrN3O2. The highest BCUT2D eigenvalue weighted by Gasteiger charge is 2.33. The van der Waals surface area contributed by atoms with Crippen molar-refractivity contribution in [2.24, 2.45) is 5.92 Å². The molecule has 0 aliphatic heterocycles. The van der Waals surface area contributed by atoms with Crippen LogP contribution in [0.2, 0.25) is 0 Å². The Morgan fingerprint density at radius 1 is 1.13 bits per heavy atom. The number of carbonyl (C=O) groups excluding carboxylic acids is 1. The summed E-state index contributed by atoms with van der Waals surface area (Å²) in [7, 11) is 0. The van der Waals surface area contributed by atoms with Crippen LogP contribution in [0, 0.1) is 5.92 Å². The number of fused-ring (bicyclic) bond motifs is 1. The van der Waals surface area contributed by atoms with Gasteiger partial charge in [-0.25, -0.2) is 4.98 Å². The second kappa shape index (κ2) is 9.35. The maximum Gasteiger partial charge on any atom is 0.266 e. The number of amides is 1. The molecule has 1 saturated carbocycles. The quantitative estimate of drug-likeness (QED) is 0.457. The molecular weight excluding hydrogens is 454 g/mol. The van der Waals surface area contributed by atoms with E-state index in [1.54, 1.807) is 4.57 Å². The van der Waals surface area contributed by atoms with Gasteiger partial charge < -0.3 is 4.90 Å². The molecule has 162 valence electrons. The molecule has 0 saturated heterocycles. The third-order valence-corrected chi connectivity index (χ3v) is 6.80. The zero-order valence-corrected chi connectivity index (χ0v) is 19.6. The van der Waals surface area contributed by atoms with Crippen molar-refractivity contribution >= 4 is 32.7 Å². The Morgan fingerprint density at radius 2 is 1.81 bits per heavy atom. The Morgan fingerprint density at radius 3 is 2.45 bits per heavy atom. The van der Waals surface area contributed by atoms with Crippen molar-refractivity contribution in [3.05, 3.63) is 69.2 Å². The van der Waals surface area contributed by atoms with Gasteiger partial charge in [0.25, 0.3) is 5.56 Å². The fourth-order valence-electron chi connectivity index (χ4n) is 4.69. The summed E-state index contributed by atoms with van der Waals surface area (Å²) >= 11 is 3.47. The normalized spacial score (nSPS) is 15.3. The lowest BCUT2D eigenvalue weighted by Gasteiger charge is -2.33. The van der Waals surface area contributed by atoms with E-state index in [9.17, 15) is 9.59 Å². The monoisotopic (exact) mass is 481 g/mol. The summed E-state index contributed by atoms with van der Waals surface area (Å²) in [5.41, 5.74) is 1.31. The van der Waals surface area contributed by atoms with E-state index in [4.69, 9.17) is 4.98 Å². The van der Waals surface area contributed by atoms with Crippen molar-refractivity contribution < 1.29 is 4.79 Å². The van der Waals surface area contributed by atoms with Crippen molar-refractivity contribution in [1.29, 1.82) is 0 Å². The summed E-state index contributed by atoms with van der Waals surface area (Å²) < 4.78 is 2.63. The lowest BCUT2D eigenvalue weighted by Crippen LogP contribution is -2.41. The summed E-state index contributed by atoms with van der Waals surface area (Å²) in [5.74, 6) is 0.903. The van der Waals surface area contributed by atoms with Gasteiger partial charge >= 0.3 is 0 Å². The molecule has 0 N–H and O–H groups in total.